The molecule has 0 aliphatic carbocycles. The largest absolute Gasteiger partial charge is 0.364 e. The van der Waals surface area contributed by atoms with Crippen LogP contribution in [0.15, 0.2) is 36.7 Å². The molecular formula is C21H17B2ClF2N6O3. The highest BCUT2D eigenvalue weighted by atomic mass is 35.5. The summed E-state index contributed by atoms with van der Waals surface area (Å²) < 4.78 is 29.9. The second-order valence-electron chi connectivity index (χ2n) is 8.12. The van der Waals surface area contributed by atoms with Gasteiger partial charge in [-0.3, -0.25) is 24.0 Å². The summed E-state index contributed by atoms with van der Waals surface area (Å²) in [7, 11) is 11.9. The first kappa shape index (κ1) is 24.6. The first-order valence-corrected chi connectivity index (χ1v) is 10.8. The molecule has 0 bridgehead atoms. The number of pyridine rings is 1. The van der Waals surface area contributed by atoms with Crippen LogP contribution in [0.4, 0.5) is 8.78 Å². The molecule has 14 heteroatoms. The van der Waals surface area contributed by atoms with Gasteiger partial charge in [-0.2, -0.15) is 5.10 Å². The highest BCUT2D eigenvalue weighted by molar-refractivity contribution is 6.41. The SMILES string of the molecule is [B]C([B])(NC(=O)[C@@H]1C[C@@H](F)CN1C(=O)Cn1nc(C(N)=O)c2ccncc21)c1cccc(Cl)c1F. The zero-order chi connectivity index (χ0) is 25.5. The van der Waals surface area contributed by atoms with Crippen molar-refractivity contribution in [2.45, 2.75) is 30.5 Å². The van der Waals surface area contributed by atoms with E-state index in [-0.39, 0.29) is 29.2 Å². The third-order valence-corrected chi connectivity index (χ3v) is 5.96. The summed E-state index contributed by atoms with van der Waals surface area (Å²) in [6.45, 7) is -0.796. The molecule has 1 aromatic carbocycles. The Morgan fingerprint density at radius 2 is 2.03 bits per heavy atom. The Labute approximate surface area is 205 Å². The van der Waals surface area contributed by atoms with Gasteiger partial charge in [0.15, 0.2) is 5.69 Å². The van der Waals surface area contributed by atoms with Crippen LogP contribution in [0, 0.1) is 5.82 Å². The fourth-order valence-corrected chi connectivity index (χ4v) is 4.20. The maximum atomic E-state index is 14.4. The van der Waals surface area contributed by atoms with Gasteiger partial charge in [-0.1, -0.05) is 23.7 Å². The summed E-state index contributed by atoms with van der Waals surface area (Å²) in [5.41, 5.74) is 5.36. The maximum absolute atomic E-state index is 14.4. The lowest BCUT2D eigenvalue weighted by Gasteiger charge is -2.32. The minimum atomic E-state index is -2.19. The Bertz CT molecular complexity index is 1340. The number of nitrogens with two attached hydrogens (primary N) is 1. The second kappa shape index (κ2) is 9.29. The molecule has 4 rings (SSSR count). The Morgan fingerprint density at radius 3 is 2.74 bits per heavy atom. The number of aromatic nitrogens is 3. The Morgan fingerprint density at radius 1 is 1.29 bits per heavy atom. The number of hydrogen-bond acceptors (Lipinski definition) is 5. The van der Waals surface area contributed by atoms with E-state index in [4.69, 9.17) is 33.0 Å². The van der Waals surface area contributed by atoms with Gasteiger partial charge >= 0.3 is 0 Å². The van der Waals surface area contributed by atoms with Crippen molar-refractivity contribution in [3.63, 3.8) is 0 Å². The topological polar surface area (TPSA) is 123 Å². The van der Waals surface area contributed by atoms with E-state index in [1.807, 2.05) is 0 Å². The molecule has 2 aromatic heterocycles. The minimum absolute atomic E-state index is 0.0612. The first-order chi connectivity index (χ1) is 16.5. The van der Waals surface area contributed by atoms with Crippen molar-refractivity contribution >= 4 is 55.9 Å². The monoisotopic (exact) mass is 496 g/mol. The predicted octanol–water partition coefficient (Wildman–Crippen LogP) is 0.525. The van der Waals surface area contributed by atoms with E-state index in [9.17, 15) is 23.2 Å². The number of alkyl halides is 1. The summed E-state index contributed by atoms with van der Waals surface area (Å²) in [6, 6.07) is 4.16. The molecule has 0 saturated carbocycles. The molecule has 9 nitrogen and oxygen atoms in total. The number of carbonyl (C=O) groups excluding carboxylic acids is 3. The number of rotatable bonds is 6. The van der Waals surface area contributed by atoms with Crippen LogP contribution in [0.3, 0.4) is 0 Å². The van der Waals surface area contributed by atoms with Crippen molar-refractivity contribution in [2.24, 2.45) is 5.73 Å². The van der Waals surface area contributed by atoms with E-state index in [2.05, 4.69) is 15.4 Å². The van der Waals surface area contributed by atoms with Crippen LogP contribution in [0.1, 0.15) is 22.5 Å². The normalized spacial score (nSPS) is 18.1. The first-order valence-electron chi connectivity index (χ1n) is 10.4. The van der Waals surface area contributed by atoms with Gasteiger partial charge in [0, 0.05) is 18.0 Å². The van der Waals surface area contributed by atoms with Gasteiger partial charge in [0.1, 0.15) is 24.6 Å². The summed E-state index contributed by atoms with van der Waals surface area (Å²) in [6.07, 6.45) is 1.01. The molecular weight excluding hydrogens is 479 g/mol. The Balaban J connectivity index is 1.56. The van der Waals surface area contributed by atoms with E-state index in [0.717, 1.165) is 4.90 Å². The summed E-state index contributed by atoms with van der Waals surface area (Å²) in [5, 5.41) is 4.28. The van der Waals surface area contributed by atoms with Gasteiger partial charge in [0.2, 0.25) is 11.8 Å². The van der Waals surface area contributed by atoms with Gasteiger partial charge in [0.25, 0.3) is 5.91 Å². The van der Waals surface area contributed by atoms with E-state index >= 15 is 0 Å². The number of halogens is 3. The number of hydrogen-bond donors (Lipinski definition) is 2. The van der Waals surface area contributed by atoms with Crippen molar-refractivity contribution in [2.75, 3.05) is 6.54 Å². The Hall–Kier alpha value is -3.47. The predicted molar refractivity (Wildman–Crippen MR) is 124 cm³/mol. The highest BCUT2D eigenvalue weighted by Crippen LogP contribution is 2.27. The molecule has 2 atom stereocenters. The molecule has 4 radical (unpaired) electrons. The smallest absolute Gasteiger partial charge is 0.269 e. The van der Waals surface area contributed by atoms with Gasteiger partial charge < -0.3 is 16.0 Å². The molecule has 3 heterocycles. The van der Waals surface area contributed by atoms with E-state index in [1.165, 1.54) is 41.3 Å². The van der Waals surface area contributed by atoms with E-state index < -0.39 is 47.6 Å². The standard InChI is InChI=1S/C21H17B2ClF2N6O3/c22-21(23,12-2-1-3-13(24)17(12)26)29-20(35)14-6-10(25)8-31(14)16(33)9-32-15-7-28-5-4-11(15)18(30-32)19(27)34/h1-5,7,10,14H,6,8-9H2,(H2,27,34)(H,29,35)/t10-,14+/m1/s1. The van der Waals surface area contributed by atoms with Crippen LogP contribution in [-0.2, 0) is 21.5 Å². The lowest BCUT2D eigenvalue weighted by Crippen LogP contribution is -2.54. The molecule has 0 unspecified atom stereocenters. The number of carbonyl (C=O) groups is 3. The molecule has 1 aliphatic heterocycles. The van der Waals surface area contributed by atoms with Crippen molar-refractivity contribution in [3.05, 3.63) is 58.8 Å². The molecule has 3 N–H and O–H groups in total. The Kier molecular flexibility index (Phi) is 6.54. The van der Waals surface area contributed by atoms with Crippen LogP contribution >= 0.6 is 11.6 Å². The molecule has 3 amide bonds. The van der Waals surface area contributed by atoms with Crippen LogP contribution in [-0.4, -0.2) is 71.8 Å². The summed E-state index contributed by atoms with van der Waals surface area (Å²) >= 11 is 5.76. The van der Waals surface area contributed by atoms with Crippen LogP contribution in [0.25, 0.3) is 10.9 Å². The van der Waals surface area contributed by atoms with Crippen LogP contribution in [0.2, 0.25) is 5.02 Å². The lowest BCUT2D eigenvalue weighted by molar-refractivity contribution is -0.139. The zero-order valence-electron chi connectivity index (χ0n) is 18.1. The zero-order valence-corrected chi connectivity index (χ0v) is 18.9. The third kappa shape index (κ3) is 4.72. The van der Waals surface area contributed by atoms with Crippen LogP contribution < -0.4 is 11.1 Å². The number of nitrogens with one attached hydrogen (secondary N) is 1. The fraction of sp³-hybridized carbons (Fsp3) is 0.286. The number of likely N-dealkylation sites (tertiary alicyclic amines) is 1. The number of primary amides is 1. The second-order valence-corrected chi connectivity index (χ2v) is 8.53. The summed E-state index contributed by atoms with van der Waals surface area (Å²) in [5.74, 6) is -3.27. The van der Waals surface area contributed by atoms with Crippen molar-refractivity contribution in [1.29, 1.82) is 0 Å². The molecule has 35 heavy (non-hydrogen) atoms. The van der Waals surface area contributed by atoms with E-state index in [0.29, 0.717) is 10.9 Å². The average Bonchev–Trinajstić information content (AvgIpc) is 3.36. The van der Waals surface area contributed by atoms with Gasteiger partial charge in [-0.05, 0) is 23.0 Å². The number of benzene rings is 1. The maximum Gasteiger partial charge on any atom is 0.269 e. The molecule has 1 aliphatic rings. The summed E-state index contributed by atoms with van der Waals surface area (Å²) in [4.78, 5) is 42.7. The van der Waals surface area contributed by atoms with Gasteiger partial charge in [0.05, 0.1) is 39.0 Å². The van der Waals surface area contributed by atoms with E-state index in [1.54, 1.807) is 0 Å². The van der Waals surface area contributed by atoms with Crippen LogP contribution in [0.5, 0.6) is 0 Å². The number of nitrogens with zero attached hydrogens (tertiary/aromatic N) is 4. The molecule has 1 fully saturated rings. The molecule has 0 spiro atoms. The van der Waals surface area contributed by atoms with Crippen molar-refractivity contribution in [3.8, 4) is 0 Å². The lowest BCUT2D eigenvalue weighted by atomic mass is 9.58. The highest BCUT2D eigenvalue weighted by Gasteiger charge is 2.41. The molecule has 1 saturated heterocycles. The number of fused-ring (bicyclic) bond motifs is 1. The fourth-order valence-electron chi connectivity index (χ4n) is 4.03. The van der Waals surface area contributed by atoms with Gasteiger partial charge in [-0.15, -0.1) is 0 Å². The van der Waals surface area contributed by atoms with Gasteiger partial charge in [-0.25, -0.2) is 8.78 Å². The molecule has 176 valence electrons. The van der Waals surface area contributed by atoms with Crippen molar-refractivity contribution < 1.29 is 23.2 Å². The minimum Gasteiger partial charge on any atom is -0.364 e. The number of amides is 3. The average molecular weight is 496 g/mol. The third-order valence-electron chi connectivity index (χ3n) is 5.67. The quantitative estimate of drug-likeness (QED) is 0.482. The molecule has 3 aromatic rings. The van der Waals surface area contributed by atoms with Crippen molar-refractivity contribution in [1.82, 2.24) is 25.0 Å².